The smallest absolute Gasteiger partial charge is 0.250 e. The molecule has 1 amide bonds. The number of anilines is 1. The predicted molar refractivity (Wildman–Crippen MR) is 119 cm³/mol. The molecule has 136 valence electrons. The molecule has 0 aliphatic carbocycles. The molecule has 3 aromatic carbocycles. The highest BCUT2D eigenvalue weighted by atomic mass is 35.5. The van der Waals surface area contributed by atoms with Gasteiger partial charge in [0.05, 0.1) is 20.8 Å². The van der Waals surface area contributed by atoms with Crippen molar-refractivity contribution in [2.45, 2.75) is 0 Å². The molecule has 0 atom stereocenters. The van der Waals surface area contributed by atoms with E-state index >= 15 is 0 Å². The van der Waals surface area contributed by atoms with Crippen LogP contribution in [0.1, 0.15) is 5.56 Å². The van der Waals surface area contributed by atoms with Crippen LogP contribution in [-0.4, -0.2) is 11.0 Å². The first-order chi connectivity index (χ1) is 12.9. The Balaban J connectivity index is 1.67. The van der Waals surface area contributed by atoms with Gasteiger partial charge >= 0.3 is 0 Å². The number of thiocarbonyl (C=S) groups is 1. The van der Waals surface area contributed by atoms with E-state index in [1.807, 2.05) is 42.5 Å². The van der Waals surface area contributed by atoms with Gasteiger partial charge in [0, 0.05) is 6.08 Å². The van der Waals surface area contributed by atoms with Gasteiger partial charge in [-0.05, 0) is 46.8 Å². The lowest BCUT2D eigenvalue weighted by Crippen LogP contribution is -2.32. The molecule has 0 heterocycles. The number of carbonyl (C=O) groups is 1. The number of nitrogens with one attached hydrogen (secondary N) is 2. The van der Waals surface area contributed by atoms with Gasteiger partial charge in [0.15, 0.2) is 5.11 Å². The van der Waals surface area contributed by atoms with E-state index in [2.05, 4.69) is 10.6 Å². The van der Waals surface area contributed by atoms with Gasteiger partial charge in [-0.1, -0.05) is 77.3 Å². The lowest BCUT2D eigenvalue weighted by molar-refractivity contribution is -0.115. The molecule has 0 spiro atoms. The van der Waals surface area contributed by atoms with Gasteiger partial charge in [-0.3, -0.25) is 10.1 Å². The van der Waals surface area contributed by atoms with E-state index in [0.717, 1.165) is 16.3 Å². The topological polar surface area (TPSA) is 41.1 Å². The molecule has 3 nitrogen and oxygen atoms in total. The second-order valence-corrected chi connectivity index (χ2v) is 7.22. The molecular formula is C20H13Cl3N2OS. The maximum atomic E-state index is 12.2. The Kier molecular flexibility index (Phi) is 6.34. The van der Waals surface area contributed by atoms with E-state index in [0.29, 0.717) is 20.8 Å². The van der Waals surface area contributed by atoms with Gasteiger partial charge in [-0.2, -0.15) is 0 Å². The van der Waals surface area contributed by atoms with Crippen LogP contribution >= 0.6 is 47.0 Å². The van der Waals surface area contributed by atoms with E-state index in [1.54, 1.807) is 6.08 Å². The van der Waals surface area contributed by atoms with Gasteiger partial charge in [-0.25, -0.2) is 0 Å². The van der Waals surface area contributed by atoms with Crippen molar-refractivity contribution in [3.8, 4) is 0 Å². The lowest BCUT2D eigenvalue weighted by atomic mass is 10.0. The number of hydrogen-bond acceptors (Lipinski definition) is 2. The number of benzene rings is 3. The average molecular weight is 436 g/mol. The summed E-state index contributed by atoms with van der Waals surface area (Å²) < 4.78 is 0. The summed E-state index contributed by atoms with van der Waals surface area (Å²) in [5, 5.41) is 8.66. The van der Waals surface area contributed by atoms with Crippen LogP contribution in [0.25, 0.3) is 16.8 Å². The highest BCUT2D eigenvalue weighted by Gasteiger charge is 2.08. The number of rotatable bonds is 3. The number of hydrogen-bond donors (Lipinski definition) is 2. The summed E-state index contributed by atoms with van der Waals surface area (Å²) in [5.41, 5.74) is 1.39. The third-order valence-corrected chi connectivity index (χ3v) is 4.97. The Hall–Kier alpha value is -2.11. The van der Waals surface area contributed by atoms with Crippen LogP contribution in [0, 0.1) is 0 Å². The largest absolute Gasteiger partial charge is 0.331 e. The molecule has 0 saturated heterocycles. The minimum absolute atomic E-state index is 0.0999. The first kappa shape index (κ1) is 19.6. The van der Waals surface area contributed by atoms with Crippen LogP contribution in [-0.2, 0) is 4.79 Å². The summed E-state index contributed by atoms with van der Waals surface area (Å²) in [6.45, 7) is 0. The summed E-state index contributed by atoms with van der Waals surface area (Å²) in [6, 6.07) is 16.9. The van der Waals surface area contributed by atoms with Crippen molar-refractivity contribution < 1.29 is 4.79 Å². The number of halogens is 3. The van der Waals surface area contributed by atoms with Crippen molar-refractivity contribution in [1.29, 1.82) is 0 Å². The summed E-state index contributed by atoms with van der Waals surface area (Å²) >= 11 is 23.1. The van der Waals surface area contributed by atoms with Gasteiger partial charge < -0.3 is 5.32 Å². The highest BCUT2D eigenvalue weighted by Crippen LogP contribution is 2.32. The van der Waals surface area contributed by atoms with Gasteiger partial charge in [-0.15, -0.1) is 0 Å². The molecule has 0 unspecified atom stereocenters. The van der Waals surface area contributed by atoms with Crippen LogP contribution in [0.4, 0.5) is 5.69 Å². The highest BCUT2D eigenvalue weighted by molar-refractivity contribution is 7.80. The summed E-state index contributed by atoms with van der Waals surface area (Å²) in [7, 11) is 0. The van der Waals surface area contributed by atoms with Crippen molar-refractivity contribution in [3.05, 3.63) is 81.3 Å². The number of carbonyl (C=O) groups excluding carboxylic acids is 1. The van der Waals surface area contributed by atoms with Crippen LogP contribution in [0.15, 0.2) is 60.7 Å². The van der Waals surface area contributed by atoms with Crippen LogP contribution in [0.2, 0.25) is 15.1 Å². The van der Waals surface area contributed by atoms with Crippen molar-refractivity contribution in [2.75, 3.05) is 5.32 Å². The van der Waals surface area contributed by atoms with E-state index < -0.39 is 0 Å². The van der Waals surface area contributed by atoms with Crippen LogP contribution in [0.3, 0.4) is 0 Å². The molecule has 0 aliphatic rings. The molecule has 3 rings (SSSR count). The second-order valence-electron chi connectivity index (χ2n) is 5.59. The molecule has 0 fully saturated rings. The summed E-state index contributed by atoms with van der Waals surface area (Å²) in [6.07, 6.45) is 3.17. The summed E-state index contributed by atoms with van der Waals surface area (Å²) in [4.78, 5) is 12.2. The van der Waals surface area contributed by atoms with Crippen molar-refractivity contribution in [2.24, 2.45) is 0 Å². The SMILES string of the molecule is O=C(C=Cc1cccc2ccccc12)NC(=S)Nc1cc(Cl)c(Cl)cc1Cl. The average Bonchev–Trinajstić information content (AvgIpc) is 2.64. The monoisotopic (exact) mass is 434 g/mol. The fraction of sp³-hybridized carbons (Fsp3) is 0. The maximum Gasteiger partial charge on any atom is 0.250 e. The zero-order chi connectivity index (χ0) is 19.4. The molecular weight excluding hydrogens is 423 g/mol. The molecule has 7 heteroatoms. The van der Waals surface area contributed by atoms with E-state index in [1.165, 1.54) is 18.2 Å². The molecule has 27 heavy (non-hydrogen) atoms. The van der Waals surface area contributed by atoms with Crippen molar-refractivity contribution in [1.82, 2.24) is 5.32 Å². The van der Waals surface area contributed by atoms with Crippen molar-refractivity contribution in [3.63, 3.8) is 0 Å². The first-order valence-electron chi connectivity index (χ1n) is 7.86. The summed E-state index contributed by atoms with van der Waals surface area (Å²) in [5.74, 6) is -0.364. The fourth-order valence-electron chi connectivity index (χ4n) is 2.49. The van der Waals surface area contributed by atoms with Gasteiger partial charge in [0.2, 0.25) is 5.91 Å². The molecule has 0 aromatic heterocycles. The van der Waals surface area contributed by atoms with Crippen LogP contribution < -0.4 is 10.6 Å². The quantitative estimate of drug-likeness (QED) is 0.287. The maximum absolute atomic E-state index is 12.2. The number of amides is 1. The van der Waals surface area contributed by atoms with E-state index in [-0.39, 0.29) is 11.0 Å². The fourth-order valence-corrected chi connectivity index (χ4v) is 3.29. The molecule has 0 aliphatic heterocycles. The molecule has 0 radical (unpaired) electrons. The van der Waals surface area contributed by atoms with Crippen molar-refractivity contribution >= 4 is 80.6 Å². The predicted octanol–water partition coefficient (Wildman–Crippen LogP) is 6.33. The third-order valence-electron chi connectivity index (χ3n) is 3.73. The molecule has 0 saturated carbocycles. The zero-order valence-electron chi connectivity index (χ0n) is 13.8. The Morgan fingerprint density at radius 1 is 0.926 bits per heavy atom. The normalized spacial score (nSPS) is 10.9. The second kappa shape index (κ2) is 8.72. The Morgan fingerprint density at radius 3 is 2.44 bits per heavy atom. The minimum Gasteiger partial charge on any atom is -0.331 e. The Bertz CT molecular complexity index is 1060. The van der Waals surface area contributed by atoms with Gasteiger partial charge in [0.1, 0.15) is 0 Å². The first-order valence-corrected chi connectivity index (χ1v) is 9.40. The number of fused-ring (bicyclic) bond motifs is 1. The van der Waals surface area contributed by atoms with Gasteiger partial charge in [0.25, 0.3) is 0 Å². The standard InChI is InChI=1S/C20H13Cl3N2OS/c21-15-10-17(23)18(11-16(15)22)24-20(27)25-19(26)9-8-13-6-3-5-12-4-1-2-7-14(12)13/h1-11H,(H2,24,25,26,27). The Labute approximate surface area is 176 Å². The molecule has 3 aromatic rings. The van der Waals surface area contributed by atoms with E-state index in [4.69, 9.17) is 47.0 Å². The lowest BCUT2D eigenvalue weighted by Gasteiger charge is -2.11. The zero-order valence-corrected chi connectivity index (χ0v) is 16.9. The minimum atomic E-state index is -0.364. The van der Waals surface area contributed by atoms with E-state index in [9.17, 15) is 4.79 Å². The Morgan fingerprint density at radius 2 is 1.63 bits per heavy atom. The van der Waals surface area contributed by atoms with Crippen LogP contribution in [0.5, 0.6) is 0 Å². The third kappa shape index (κ3) is 4.99. The molecule has 2 N–H and O–H groups in total. The molecule has 0 bridgehead atoms.